The van der Waals surface area contributed by atoms with Crippen LogP contribution in [0.1, 0.15) is 25.7 Å². The van der Waals surface area contributed by atoms with E-state index in [9.17, 15) is 9.59 Å². The zero-order chi connectivity index (χ0) is 15.1. The lowest BCUT2D eigenvalue weighted by Gasteiger charge is -2.17. The van der Waals surface area contributed by atoms with Crippen LogP contribution in [0.5, 0.6) is 0 Å². The minimum Gasteiger partial charge on any atom is -0.479 e. The second kappa shape index (κ2) is 9.64. The van der Waals surface area contributed by atoms with Crippen LogP contribution in [0.2, 0.25) is 0 Å². The summed E-state index contributed by atoms with van der Waals surface area (Å²) in [7, 11) is 0. The normalized spacial score (nSPS) is 27.0. The topological polar surface area (TPSA) is 171 Å². The number of hydrogen-bond acceptors (Lipinski definition) is 6. The molecule has 8 N–H and O–H groups in total. The molecule has 0 aromatic carbocycles. The quantitative estimate of drug-likeness (QED) is 0.332. The molecule has 0 amide bonds. The van der Waals surface area contributed by atoms with Gasteiger partial charge < -0.3 is 36.5 Å². The molecule has 2 aliphatic rings. The van der Waals surface area contributed by atoms with E-state index < -0.39 is 24.1 Å². The molecule has 2 saturated heterocycles. The van der Waals surface area contributed by atoms with E-state index in [-0.39, 0.29) is 5.48 Å². The van der Waals surface area contributed by atoms with E-state index in [4.69, 9.17) is 20.4 Å². The van der Waals surface area contributed by atoms with Gasteiger partial charge in [-0.25, -0.2) is 9.59 Å². The van der Waals surface area contributed by atoms with Gasteiger partial charge in [0, 0.05) is 12.1 Å². The van der Waals surface area contributed by atoms with Crippen molar-refractivity contribution in [3.05, 3.63) is 0 Å². The second-order valence-electron chi connectivity index (χ2n) is 4.97. The second-order valence-corrected chi connectivity index (χ2v) is 4.97. The standard InChI is InChI=1S/C8H16N2.C4H6O6.H2O/c1-3-7(9-5-1)8-4-2-6-10-8;5-1(3(7)8)2(6)4(9)10;/h7-10H,1-6H2;1-2,5-6H,(H,7,8)(H,9,10);1H2/t7-,8-;1-,2-;/m11./s1. The average molecular weight is 308 g/mol. The summed E-state index contributed by atoms with van der Waals surface area (Å²) in [5.74, 6) is -3.54. The maximum absolute atomic E-state index is 9.77. The highest BCUT2D eigenvalue weighted by molar-refractivity contribution is 5.83. The van der Waals surface area contributed by atoms with Crippen LogP contribution in [0, 0.1) is 0 Å². The molecule has 9 nitrogen and oxygen atoms in total. The molecule has 0 aliphatic carbocycles. The van der Waals surface area contributed by atoms with Crippen molar-refractivity contribution in [3.63, 3.8) is 0 Å². The number of carboxylic acids is 2. The lowest BCUT2D eigenvalue weighted by atomic mass is 10.1. The molecule has 0 aromatic rings. The smallest absolute Gasteiger partial charge is 0.335 e. The molecule has 124 valence electrons. The van der Waals surface area contributed by atoms with Gasteiger partial charge in [0.05, 0.1) is 0 Å². The zero-order valence-electron chi connectivity index (χ0n) is 11.7. The van der Waals surface area contributed by atoms with Crippen LogP contribution >= 0.6 is 0 Å². The molecule has 4 atom stereocenters. The van der Waals surface area contributed by atoms with Crippen LogP contribution in [0.15, 0.2) is 0 Å². The molecule has 2 rings (SSSR count). The van der Waals surface area contributed by atoms with Crippen LogP contribution in [0.3, 0.4) is 0 Å². The summed E-state index contributed by atoms with van der Waals surface area (Å²) in [6.07, 6.45) is 0.996. The van der Waals surface area contributed by atoms with E-state index in [0.717, 1.165) is 12.1 Å². The average Bonchev–Trinajstić information content (AvgIpc) is 3.08. The highest BCUT2D eigenvalue weighted by Crippen LogP contribution is 2.16. The molecule has 2 aliphatic heterocycles. The number of aliphatic hydroxyl groups excluding tert-OH is 2. The Hall–Kier alpha value is -1.26. The van der Waals surface area contributed by atoms with Crippen molar-refractivity contribution in [3.8, 4) is 0 Å². The van der Waals surface area contributed by atoms with Gasteiger partial charge >= 0.3 is 11.9 Å². The number of nitrogens with one attached hydrogen (secondary N) is 2. The summed E-state index contributed by atoms with van der Waals surface area (Å²) in [4.78, 5) is 19.5. The Bertz CT molecular complexity index is 296. The lowest BCUT2D eigenvalue weighted by Crippen LogP contribution is -2.40. The summed E-state index contributed by atoms with van der Waals surface area (Å²) >= 11 is 0. The Morgan fingerprint density at radius 1 is 0.857 bits per heavy atom. The first-order valence-electron chi connectivity index (χ1n) is 6.72. The Morgan fingerprint density at radius 2 is 1.19 bits per heavy atom. The van der Waals surface area contributed by atoms with Crippen molar-refractivity contribution in [1.29, 1.82) is 0 Å². The summed E-state index contributed by atoms with van der Waals surface area (Å²) in [5.41, 5.74) is 0. The van der Waals surface area contributed by atoms with E-state index >= 15 is 0 Å². The summed E-state index contributed by atoms with van der Waals surface area (Å²) in [6.45, 7) is 2.48. The van der Waals surface area contributed by atoms with E-state index in [1.54, 1.807) is 0 Å². The van der Waals surface area contributed by atoms with E-state index in [1.807, 2.05) is 0 Å². The van der Waals surface area contributed by atoms with Crippen LogP contribution in [-0.4, -0.2) is 75.2 Å². The van der Waals surface area contributed by atoms with Gasteiger partial charge in [0.15, 0.2) is 12.2 Å². The third-order valence-electron chi connectivity index (χ3n) is 3.49. The SMILES string of the molecule is C1CN[C@@H]([C@H]2CCCN2)C1.O.O=C(O)[C@H](O)[C@@H](O)C(=O)O. The molecular weight excluding hydrogens is 284 g/mol. The molecule has 0 spiro atoms. The Balaban J connectivity index is 0.000000364. The van der Waals surface area contributed by atoms with Crippen LogP contribution in [0.25, 0.3) is 0 Å². The van der Waals surface area contributed by atoms with Gasteiger partial charge in [-0.05, 0) is 38.8 Å². The minimum atomic E-state index is -2.27. The van der Waals surface area contributed by atoms with Gasteiger partial charge in [-0.15, -0.1) is 0 Å². The Morgan fingerprint density at radius 3 is 1.38 bits per heavy atom. The summed E-state index contributed by atoms with van der Waals surface area (Å²) in [6, 6.07) is 1.59. The molecule has 0 bridgehead atoms. The van der Waals surface area contributed by atoms with Gasteiger partial charge in [0.1, 0.15) is 0 Å². The maximum Gasteiger partial charge on any atom is 0.335 e. The van der Waals surface area contributed by atoms with Crippen molar-refractivity contribution in [2.45, 2.75) is 50.0 Å². The number of aliphatic hydroxyl groups is 2. The number of hydrogen-bond donors (Lipinski definition) is 6. The predicted octanol–water partition coefficient (Wildman–Crippen LogP) is -2.46. The van der Waals surface area contributed by atoms with Gasteiger partial charge in [0.25, 0.3) is 0 Å². The van der Waals surface area contributed by atoms with Crippen molar-refractivity contribution in [2.75, 3.05) is 13.1 Å². The van der Waals surface area contributed by atoms with Crippen molar-refractivity contribution >= 4 is 11.9 Å². The van der Waals surface area contributed by atoms with Gasteiger partial charge in [-0.3, -0.25) is 0 Å². The molecule has 2 fully saturated rings. The van der Waals surface area contributed by atoms with Gasteiger partial charge in [-0.1, -0.05) is 0 Å². The molecule has 0 unspecified atom stereocenters. The lowest BCUT2D eigenvalue weighted by molar-refractivity contribution is -0.165. The van der Waals surface area contributed by atoms with Crippen molar-refractivity contribution < 1.29 is 35.5 Å². The highest BCUT2D eigenvalue weighted by Gasteiger charge is 2.29. The minimum absolute atomic E-state index is 0. The van der Waals surface area contributed by atoms with Gasteiger partial charge in [0.2, 0.25) is 0 Å². The molecule has 0 aromatic heterocycles. The van der Waals surface area contributed by atoms with Gasteiger partial charge in [-0.2, -0.15) is 0 Å². The first-order valence-corrected chi connectivity index (χ1v) is 6.72. The van der Waals surface area contributed by atoms with E-state index in [2.05, 4.69) is 10.6 Å². The molecular formula is C12H24N2O7. The summed E-state index contributed by atoms with van der Waals surface area (Å²) < 4.78 is 0. The Labute approximate surface area is 122 Å². The number of aliphatic carboxylic acids is 2. The fourth-order valence-electron chi connectivity index (χ4n) is 2.38. The number of rotatable bonds is 4. The van der Waals surface area contributed by atoms with Crippen LogP contribution < -0.4 is 10.6 Å². The molecule has 0 saturated carbocycles. The number of carboxylic acid groups (broad SMARTS) is 2. The molecule has 9 heteroatoms. The fourth-order valence-corrected chi connectivity index (χ4v) is 2.38. The molecule has 21 heavy (non-hydrogen) atoms. The Kier molecular flexibility index (Phi) is 9.06. The largest absolute Gasteiger partial charge is 0.479 e. The molecule has 2 heterocycles. The van der Waals surface area contributed by atoms with Crippen LogP contribution in [-0.2, 0) is 9.59 Å². The van der Waals surface area contributed by atoms with Crippen LogP contribution in [0.4, 0.5) is 0 Å². The third-order valence-corrected chi connectivity index (χ3v) is 3.49. The van der Waals surface area contributed by atoms with Crippen molar-refractivity contribution in [1.82, 2.24) is 10.6 Å². The predicted molar refractivity (Wildman–Crippen MR) is 72.9 cm³/mol. The first-order chi connectivity index (χ1) is 9.43. The highest BCUT2D eigenvalue weighted by atomic mass is 16.4. The molecule has 0 radical (unpaired) electrons. The van der Waals surface area contributed by atoms with Crippen molar-refractivity contribution in [2.24, 2.45) is 0 Å². The first kappa shape index (κ1) is 19.7. The maximum atomic E-state index is 9.77. The monoisotopic (exact) mass is 308 g/mol. The third kappa shape index (κ3) is 6.36. The fraction of sp³-hybridized carbons (Fsp3) is 0.833. The number of carbonyl (C=O) groups is 2. The zero-order valence-corrected chi connectivity index (χ0v) is 11.7. The van der Waals surface area contributed by atoms with E-state index in [0.29, 0.717) is 0 Å². The summed E-state index contributed by atoms with van der Waals surface area (Å²) in [5, 5.41) is 39.6. The van der Waals surface area contributed by atoms with E-state index in [1.165, 1.54) is 38.8 Å².